The summed E-state index contributed by atoms with van der Waals surface area (Å²) < 4.78 is 1.84. The maximum absolute atomic E-state index is 4.66. The van der Waals surface area contributed by atoms with Gasteiger partial charge in [0.25, 0.3) is 5.78 Å². The molecule has 3 aromatic rings. The Bertz CT molecular complexity index is 878. The molecule has 2 aromatic heterocycles. The predicted molar refractivity (Wildman–Crippen MR) is 86.7 cm³/mol. The number of hydrogen-bond donors (Lipinski definition) is 1. The first-order chi connectivity index (χ1) is 10.6. The van der Waals surface area contributed by atoms with E-state index in [-0.39, 0.29) is 0 Å². The third-order valence-electron chi connectivity index (χ3n) is 4.39. The Morgan fingerprint density at radius 1 is 1.05 bits per heavy atom. The van der Waals surface area contributed by atoms with Gasteiger partial charge in [0, 0.05) is 11.3 Å². The van der Waals surface area contributed by atoms with Gasteiger partial charge in [-0.1, -0.05) is 6.07 Å². The molecule has 1 aromatic carbocycles. The minimum atomic E-state index is 0.685. The second kappa shape index (κ2) is 4.80. The summed E-state index contributed by atoms with van der Waals surface area (Å²) in [5, 5.41) is 8.06. The minimum absolute atomic E-state index is 0.685. The number of aryl methyl sites for hydroxylation is 4. The van der Waals surface area contributed by atoms with E-state index in [1.165, 1.54) is 16.7 Å². The summed E-state index contributed by atoms with van der Waals surface area (Å²) >= 11 is 0. The van der Waals surface area contributed by atoms with E-state index >= 15 is 0 Å². The van der Waals surface area contributed by atoms with Crippen molar-refractivity contribution in [2.75, 3.05) is 5.32 Å². The molecule has 0 fully saturated rings. The van der Waals surface area contributed by atoms with Crippen LogP contribution in [0.3, 0.4) is 0 Å². The van der Waals surface area contributed by atoms with Crippen LogP contribution in [0.1, 0.15) is 34.6 Å². The zero-order valence-electron chi connectivity index (χ0n) is 13.1. The smallest absolute Gasteiger partial charge is 0.254 e. The summed E-state index contributed by atoms with van der Waals surface area (Å²) in [4.78, 5) is 9.09. The average Bonchev–Trinajstić information content (AvgIpc) is 3.08. The number of aromatic nitrogens is 4. The van der Waals surface area contributed by atoms with Gasteiger partial charge in [0.05, 0.1) is 5.69 Å². The molecule has 22 heavy (non-hydrogen) atoms. The normalized spacial score (nSPS) is 13.6. The van der Waals surface area contributed by atoms with Crippen molar-refractivity contribution in [2.24, 2.45) is 0 Å². The zero-order valence-corrected chi connectivity index (χ0v) is 13.1. The summed E-state index contributed by atoms with van der Waals surface area (Å²) in [7, 11) is 0. The van der Waals surface area contributed by atoms with Crippen molar-refractivity contribution in [1.82, 2.24) is 19.6 Å². The summed E-state index contributed by atoms with van der Waals surface area (Å²) in [5.41, 5.74) is 6.09. The molecule has 0 unspecified atom stereocenters. The lowest BCUT2D eigenvalue weighted by atomic mass is 10.1. The van der Waals surface area contributed by atoms with Gasteiger partial charge in [-0.3, -0.25) is 0 Å². The van der Waals surface area contributed by atoms with Crippen LogP contribution in [-0.2, 0) is 12.8 Å². The fourth-order valence-corrected chi connectivity index (χ4v) is 3.07. The molecular formula is C17H19N5. The van der Waals surface area contributed by atoms with Crippen LogP contribution in [-0.4, -0.2) is 19.6 Å². The quantitative estimate of drug-likeness (QED) is 0.788. The standard InChI is InChI=1S/C17H19N5/c1-10-7-8-13(9-11(10)2)19-16-14-5-4-6-15(14)20-17-18-12(3)21-22(16)17/h7-9,19H,4-6H2,1-3H3. The van der Waals surface area contributed by atoms with E-state index in [1.54, 1.807) is 0 Å². The average molecular weight is 293 g/mol. The first kappa shape index (κ1) is 13.2. The minimum Gasteiger partial charge on any atom is -0.340 e. The molecular weight excluding hydrogens is 274 g/mol. The molecule has 4 rings (SSSR count). The largest absolute Gasteiger partial charge is 0.340 e. The van der Waals surface area contributed by atoms with Crippen LogP contribution in [0.15, 0.2) is 18.2 Å². The van der Waals surface area contributed by atoms with Gasteiger partial charge in [-0.25, -0.2) is 4.98 Å². The molecule has 0 spiro atoms. The molecule has 0 radical (unpaired) electrons. The molecule has 0 saturated heterocycles. The SMILES string of the molecule is Cc1nc2nc3c(c(Nc4ccc(C)c(C)c4)n2n1)CCC3. The van der Waals surface area contributed by atoms with E-state index in [2.05, 4.69) is 52.4 Å². The Hall–Kier alpha value is -2.43. The van der Waals surface area contributed by atoms with Crippen LogP contribution in [0.4, 0.5) is 11.5 Å². The Labute approximate surface area is 129 Å². The lowest BCUT2D eigenvalue weighted by Crippen LogP contribution is -2.07. The number of anilines is 2. The van der Waals surface area contributed by atoms with Gasteiger partial charge >= 0.3 is 0 Å². The third-order valence-corrected chi connectivity index (χ3v) is 4.39. The van der Waals surface area contributed by atoms with E-state index in [0.29, 0.717) is 5.78 Å². The van der Waals surface area contributed by atoms with Crippen LogP contribution in [0.25, 0.3) is 5.78 Å². The Morgan fingerprint density at radius 2 is 1.91 bits per heavy atom. The van der Waals surface area contributed by atoms with Crippen molar-refractivity contribution in [3.8, 4) is 0 Å². The second-order valence-corrected chi connectivity index (χ2v) is 6.03. The maximum atomic E-state index is 4.66. The summed E-state index contributed by atoms with van der Waals surface area (Å²) in [6.07, 6.45) is 3.22. The van der Waals surface area contributed by atoms with Crippen LogP contribution < -0.4 is 5.32 Å². The van der Waals surface area contributed by atoms with Crippen molar-refractivity contribution in [3.05, 3.63) is 46.4 Å². The topological polar surface area (TPSA) is 55.1 Å². The summed E-state index contributed by atoms with van der Waals surface area (Å²) in [5.74, 6) is 2.45. The number of rotatable bonds is 2. The van der Waals surface area contributed by atoms with Crippen molar-refractivity contribution in [3.63, 3.8) is 0 Å². The first-order valence-electron chi connectivity index (χ1n) is 7.71. The maximum Gasteiger partial charge on any atom is 0.254 e. The summed E-state index contributed by atoms with van der Waals surface area (Å²) in [6.45, 7) is 6.16. The highest BCUT2D eigenvalue weighted by atomic mass is 15.4. The monoisotopic (exact) mass is 293 g/mol. The van der Waals surface area contributed by atoms with Crippen molar-refractivity contribution in [1.29, 1.82) is 0 Å². The van der Waals surface area contributed by atoms with E-state index in [4.69, 9.17) is 0 Å². The number of hydrogen-bond acceptors (Lipinski definition) is 4. The highest BCUT2D eigenvalue weighted by Gasteiger charge is 2.21. The number of fused-ring (bicyclic) bond motifs is 2. The van der Waals surface area contributed by atoms with E-state index in [9.17, 15) is 0 Å². The van der Waals surface area contributed by atoms with Gasteiger partial charge in [0.15, 0.2) is 0 Å². The Kier molecular flexibility index (Phi) is 2.89. The van der Waals surface area contributed by atoms with Crippen LogP contribution >= 0.6 is 0 Å². The van der Waals surface area contributed by atoms with Crippen molar-refractivity contribution < 1.29 is 0 Å². The third kappa shape index (κ3) is 2.04. The predicted octanol–water partition coefficient (Wildman–Crippen LogP) is 3.28. The molecule has 0 atom stereocenters. The molecule has 2 heterocycles. The van der Waals surface area contributed by atoms with E-state index in [0.717, 1.165) is 42.3 Å². The van der Waals surface area contributed by atoms with Gasteiger partial charge in [-0.15, -0.1) is 5.10 Å². The molecule has 0 amide bonds. The summed E-state index contributed by atoms with van der Waals surface area (Å²) in [6, 6.07) is 6.43. The van der Waals surface area contributed by atoms with Crippen LogP contribution in [0, 0.1) is 20.8 Å². The molecule has 5 nitrogen and oxygen atoms in total. The van der Waals surface area contributed by atoms with E-state index in [1.807, 2.05) is 11.4 Å². The van der Waals surface area contributed by atoms with Crippen LogP contribution in [0.2, 0.25) is 0 Å². The molecule has 5 heteroatoms. The Balaban J connectivity index is 1.87. The van der Waals surface area contributed by atoms with Crippen molar-refractivity contribution in [2.45, 2.75) is 40.0 Å². The lowest BCUT2D eigenvalue weighted by Gasteiger charge is -2.13. The number of benzene rings is 1. The molecule has 1 aliphatic carbocycles. The molecule has 0 bridgehead atoms. The fourth-order valence-electron chi connectivity index (χ4n) is 3.07. The van der Waals surface area contributed by atoms with Gasteiger partial charge in [-0.2, -0.15) is 9.50 Å². The molecule has 0 saturated carbocycles. The van der Waals surface area contributed by atoms with Crippen molar-refractivity contribution >= 4 is 17.3 Å². The fraction of sp³-hybridized carbons (Fsp3) is 0.353. The highest BCUT2D eigenvalue weighted by Crippen LogP contribution is 2.30. The molecule has 112 valence electrons. The zero-order chi connectivity index (χ0) is 15.3. The molecule has 1 aliphatic rings. The highest BCUT2D eigenvalue weighted by molar-refractivity contribution is 5.64. The lowest BCUT2D eigenvalue weighted by molar-refractivity contribution is 0.899. The molecule has 0 aliphatic heterocycles. The van der Waals surface area contributed by atoms with Crippen LogP contribution in [0.5, 0.6) is 0 Å². The molecule has 1 N–H and O–H groups in total. The first-order valence-corrected chi connectivity index (χ1v) is 7.71. The van der Waals surface area contributed by atoms with Gasteiger partial charge in [0.1, 0.15) is 11.6 Å². The Morgan fingerprint density at radius 3 is 2.73 bits per heavy atom. The second-order valence-electron chi connectivity index (χ2n) is 6.03. The number of nitrogens with zero attached hydrogens (tertiary/aromatic N) is 4. The van der Waals surface area contributed by atoms with Gasteiger partial charge < -0.3 is 5.32 Å². The number of nitrogens with one attached hydrogen (secondary N) is 1. The van der Waals surface area contributed by atoms with E-state index < -0.39 is 0 Å². The van der Waals surface area contributed by atoms with Gasteiger partial charge in [-0.05, 0) is 63.3 Å². The van der Waals surface area contributed by atoms with Gasteiger partial charge in [0.2, 0.25) is 0 Å².